The lowest BCUT2D eigenvalue weighted by molar-refractivity contribution is -0.154. The van der Waals surface area contributed by atoms with E-state index in [1.807, 2.05) is 49.4 Å². The second-order valence-corrected chi connectivity index (χ2v) is 7.38. The molecule has 0 spiro atoms. The Labute approximate surface area is 163 Å². The molecule has 0 aromatic heterocycles. The van der Waals surface area contributed by atoms with Gasteiger partial charge in [0.2, 0.25) is 11.8 Å². The molecule has 2 aliphatic rings. The van der Waals surface area contributed by atoms with E-state index < -0.39 is 29.4 Å². The number of nitrogens with zero attached hydrogens (tertiary/aromatic N) is 1. The van der Waals surface area contributed by atoms with Gasteiger partial charge in [-0.2, -0.15) is 0 Å². The number of benzene rings is 2. The third-order valence-corrected chi connectivity index (χ3v) is 6.04. The molecule has 0 aliphatic carbocycles. The molecule has 4 rings (SSSR count). The lowest BCUT2D eigenvalue weighted by Gasteiger charge is -2.32. The van der Waals surface area contributed by atoms with E-state index in [9.17, 15) is 14.4 Å². The summed E-state index contributed by atoms with van der Waals surface area (Å²) in [7, 11) is 2.78. The minimum absolute atomic E-state index is 0.280. The molecule has 2 aromatic carbocycles. The van der Waals surface area contributed by atoms with Gasteiger partial charge in [0, 0.05) is 13.1 Å². The molecule has 2 heterocycles. The number of hydrogen-bond acceptors (Lipinski definition) is 5. The first kappa shape index (κ1) is 18.4. The fourth-order valence-corrected chi connectivity index (χ4v) is 4.69. The molecule has 1 N–H and O–H groups in total. The minimum Gasteiger partial charge on any atom is -0.467 e. The highest BCUT2D eigenvalue weighted by molar-refractivity contribution is 6.09. The highest BCUT2D eigenvalue weighted by Gasteiger charge is 2.69. The van der Waals surface area contributed by atoms with E-state index in [-0.39, 0.29) is 11.8 Å². The van der Waals surface area contributed by atoms with Crippen molar-refractivity contribution in [1.82, 2.24) is 10.2 Å². The SMILES string of the molecule is COC(=O)[C@@]1(c2ccccc2)N[C@@H](c2ccccc2C)[C@@H]2C(=O)N(C)C(=O)[C@H]21. The largest absolute Gasteiger partial charge is 0.467 e. The second kappa shape index (κ2) is 6.56. The van der Waals surface area contributed by atoms with E-state index in [2.05, 4.69) is 5.32 Å². The van der Waals surface area contributed by atoms with Crippen molar-refractivity contribution in [3.63, 3.8) is 0 Å². The van der Waals surface area contributed by atoms with Crippen LogP contribution in [0.3, 0.4) is 0 Å². The summed E-state index contributed by atoms with van der Waals surface area (Å²) < 4.78 is 5.15. The van der Waals surface area contributed by atoms with E-state index in [0.29, 0.717) is 5.56 Å². The zero-order chi connectivity index (χ0) is 20.1. The number of aryl methyl sites for hydroxylation is 1. The summed E-state index contributed by atoms with van der Waals surface area (Å²) in [6.07, 6.45) is 0. The molecule has 2 aliphatic heterocycles. The molecule has 2 aromatic rings. The van der Waals surface area contributed by atoms with Crippen molar-refractivity contribution in [3.8, 4) is 0 Å². The van der Waals surface area contributed by atoms with E-state index in [0.717, 1.165) is 16.0 Å². The molecular formula is C22H22N2O4. The van der Waals surface area contributed by atoms with Crippen LogP contribution >= 0.6 is 0 Å². The predicted octanol–water partition coefficient (Wildman–Crippen LogP) is 1.94. The van der Waals surface area contributed by atoms with Crippen molar-refractivity contribution >= 4 is 17.8 Å². The van der Waals surface area contributed by atoms with Crippen LogP contribution in [0.4, 0.5) is 0 Å². The zero-order valence-electron chi connectivity index (χ0n) is 16.0. The van der Waals surface area contributed by atoms with Gasteiger partial charge in [0.15, 0.2) is 5.54 Å². The third-order valence-electron chi connectivity index (χ3n) is 6.04. The first-order valence-electron chi connectivity index (χ1n) is 9.22. The zero-order valence-corrected chi connectivity index (χ0v) is 16.0. The number of methoxy groups -OCH3 is 1. The molecule has 0 bridgehead atoms. The standard InChI is InChI=1S/C22H22N2O4/c1-13-9-7-8-12-15(13)18-16-17(20(26)24(2)19(16)25)22(23-18,21(27)28-3)14-10-5-4-6-11-14/h4-12,16-18,23H,1-3H3/t16-,17+,18+,22+/m1/s1. The van der Waals surface area contributed by atoms with Gasteiger partial charge in [-0.25, -0.2) is 4.79 Å². The van der Waals surface area contributed by atoms with Gasteiger partial charge >= 0.3 is 5.97 Å². The first-order chi connectivity index (χ1) is 13.4. The van der Waals surface area contributed by atoms with Crippen molar-refractivity contribution in [2.75, 3.05) is 14.2 Å². The summed E-state index contributed by atoms with van der Waals surface area (Å²) in [6.45, 7) is 1.96. The Hall–Kier alpha value is -2.99. The lowest BCUT2D eigenvalue weighted by atomic mass is 9.75. The fraction of sp³-hybridized carbons (Fsp3) is 0.318. The number of rotatable bonds is 3. The minimum atomic E-state index is -1.43. The second-order valence-electron chi connectivity index (χ2n) is 7.38. The number of amides is 2. The van der Waals surface area contributed by atoms with Crippen molar-refractivity contribution in [3.05, 3.63) is 71.3 Å². The average Bonchev–Trinajstić information content (AvgIpc) is 3.19. The molecule has 2 saturated heterocycles. The maximum Gasteiger partial charge on any atom is 0.331 e. The van der Waals surface area contributed by atoms with Crippen molar-refractivity contribution in [1.29, 1.82) is 0 Å². The highest BCUT2D eigenvalue weighted by atomic mass is 16.5. The Balaban J connectivity index is 1.97. The summed E-state index contributed by atoms with van der Waals surface area (Å²) in [6, 6.07) is 16.3. The van der Waals surface area contributed by atoms with Crippen molar-refractivity contribution in [2.24, 2.45) is 11.8 Å². The van der Waals surface area contributed by atoms with Crippen molar-refractivity contribution < 1.29 is 19.1 Å². The summed E-state index contributed by atoms with van der Waals surface area (Å²) in [5, 5.41) is 3.37. The van der Waals surface area contributed by atoms with E-state index in [1.54, 1.807) is 12.1 Å². The van der Waals surface area contributed by atoms with Gasteiger partial charge in [0.25, 0.3) is 0 Å². The first-order valence-corrected chi connectivity index (χ1v) is 9.22. The molecule has 2 fully saturated rings. The quantitative estimate of drug-likeness (QED) is 0.653. The van der Waals surface area contributed by atoms with Crippen LogP contribution in [0.1, 0.15) is 22.7 Å². The van der Waals surface area contributed by atoms with Gasteiger partial charge in [-0.15, -0.1) is 0 Å². The summed E-state index contributed by atoms with van der Waals surface area (Å²) >= 11 is 0. The van der Waals surface area contributed by atoms with Crippen LogP contribution in [0, 0.1) is 18.8 Å². The molecule has 4 atom stereocenters. The van der Waals surface area contributed by atoms with E-state index in [4.69, 9.17) is 4.74 Å². The maximum atomic E-state index is 13.1. The maximum absolute atomic E-state index is 13.1. The van der Waals surface area contributed by atoms with Crippen LogP contribution in [0.15, 0.2) is 54.6 Å². The number of ether oxygens (including phenoxy) is 1. The lowest BCUT2D eigenvalue weighted by Crippen LogP contribution is -2.53. The monoisotopic (exact) mass is 378 g/mol. The number of carbonyl (C=O) groups is 3. The number of carbonyl (C=O) groups excluding carboxylic acids is 3. The van der Waals surface area contributed by atoms with Gasteiger partial charge in [0.05, 0.1) is 18.9 Å². The predicted molar refractivity (Wildman–Crippen MR) is 102 cm³/mol. The molecule has 0 unspecified atom stereocenters. The van der Waals surface area contributed by atoms with E-state index >= 15 is 0 Å². The smallest absolute Gasteiger partial charge is 0.331 e. The third kappa shape index (κ3) is 2.34. The molecule has 2 amide bonds. The molecule has 0 saturated carbocycles. The van der Waals surface area contributed by atoms with Gasteiger partial charge in [-0.05, 0) is 23.6 Å². The summed E-state index contributed by atoms with van der Waals surface area (Å²) in [5.41, 5.74) is 1.08. The van der Waals surface area contributed by atoms with Crippen LogP contribution in [0.2, 0.25) is 0 Å². The van der Waals surface area contributed by atoms with Crippen LogP contribution in [-0.4, -0.2) is 36.8 Å². The molecule has 144 valence electrons. The normalized spacial score (nSPS) is 29.1. The number of nitrogens with one attached hydrogen (secondary N) is 1. The van der Waals surface area contributed by atoms with E-state index in [1.165, 1.54) is 14.2 Å². The molecule has 6 heteroatoms. The summed E-state index contributed by atoms with van der Waals surface area (Å²) in [5.74, 6) is -2.77. The Morgan fingerprint density at radius 2 is 1.68 bits per heavy atom. The fourth-order valence-electron chi connectivity index (χ4n) is 4.69. The Morgan fingerprint density at radius 3 is 2.32 bits per heavy atom. The van der Waals surface area contributed by atoms with Crippen molar-refractivity contribution in [2.45, 2.75) is 18.5 Å². The molecular weight excluding hydrogens is 356 g/mol. The summed E-state index contributed by atoms with van der Waals surface area (Å²) in [4.78, 5) is 40.4. The number of esters is 1. The van der Waals surface area contributed by atoms with Crippen LogP contribution < -0.4 is 5.32 Å². The molecule has 0 radical (unpaired) electrons. The number of imide groups is 1. The Morgan fingerprint density at radius 1 is 1.04 bits per heavy atom. The molecule has 6 nitrogen and oxygen atoms in total. The Bertz CT molecular complexity index is 958. The van der Waals surface area contributed by atoms with Gasteiger partial charge in [-0.1, -0.05) is 54.6 Å². The topological polar surface area (TPSA) is 75.7 Å². The Kier molecular flexibility index (Phi) is 4.31. The number of fused-ring (bicyclic) bond motifs is 1. The van der Waals surface area contributed by atoms with Crippen LogP contribution in [-0.2, 0) is 24.7 Å². The van der Waals surface area contributed by atoms with Crippen LogP contribution in [0.25, 0.3) is 0 Å². The number of hydrogen-bond donors (Lipinski definition) is 1. The molecule has 28 heavy (non-hydrogen) atoms. The van der Waals surface area contributed by atoms with Gasteiger partial charge < -0.3 is 4.74 Å². The van der Waals surface area contributed by atoms with Crippen LogP contribution in [0.5, 0.6) is 0 Å². The number of likely N-dealkylation sites (tertiary alicyclic amines) is 1. The van der Waals surface area contributed by atoms with Gasteiger partial charge in [0.1, 0.15) is 0 Å². The average molecular weight is 378 g/mol. The van der Waals surface area contributed by atoms with Gasteiger partial charge in [-0.3, -0.25) is 19.8 Å². The highest BCUT2D eigenvalue weighted by Crippen LogP contribution is 2.53.